The molecule has 0 aliphatic heterocycles. The van der Waals surface area contributed by atoms with Crippen LogP contribution in [0.4, 0.5) is 0 Å². The quantitative estimate of drug-likeness (QED) is 0.502. The van der Waals surface area contributed by atoms with Gasteiger partial charge in [0.2, 0.25) is 11.8 Å². The number of aryl methyl sites for hydroxylation is 1. The van der Waals surface area contributed by atoms with Crippen LogP contribution in [-0.2, 0) is 29.0 Å². The lowest BCUT2D eigenvalue weighted by Gasteiger charge is -2.31. The molecule has 0 fully saturated rings. The van der Waals surface area contributed by atoms with Gasteiger partial charge < -0.3 is 10.2 Å². The average molecular weight is 449 g/mol. The van der Waals surface area contributed by atoms with E-state index in [1.807, 2.05) is 86.6 Å². The summed E-state index contributed by atoms with van der Waals surface area (Å²) in [5, 5.41) is 3.51. The number of hydrogen-bond acceptors (Lipinski definition) is 2. The van der Waals surface area contributed by atoms with Crippen LogP contribution in [0.15, 0.2) is 78.9 Å². The van der Waals surface area contributed by atoms with E-state index >= 15 is 0 Å². The maximum Gasteiger partial charge on any atom is 0.243 e. The molecule has 3 rings (SSSR count). The Labute approximate surface area is 195 Å². The van der Waals surface area contributed by atoms with Crippen LogP contribution in [0.3, 0.4) is 0 Å². The van der Waals surface area contributed by atoms with Crippen LogP contribution in [0, 0.1) is 6.92 Å². The number of rotatable bonds is 9. The van der Waals surface area contributed by atoms with Gasteiger partial charge in [0.25, 0.3) is 0 Å². The molecule has 0 aliphatic carbocycles. The zero-order chi connectivity index (χ0) is 22.9. The van der Waals surface area contributed by atoms with E-state index in [2.05, 4.69) is 5.32 Å². The van der Waals surface area contributed by atoms with Gasteiger partial charge in [0.1, 0.15) is 6.04 Å². The number of carbonyl (C=O) groups excluding carboxylic acids is 2. The summed E-state index contributed by atoms with van der Waals surface area (Å²) in [6.07, 6.45) is 0.665. The summed E-state index contributed by atoms with van der Waals surface area (Å²) >= 11 is 6.19. The van der Waals surface area contributed by atoms with Crippen LogP contribution < -0.4 is 5.32 Å². The number of carbonyl (C=O) groups is 2. The summed E-state index contributed by atoms with van der Waals surface area (Å²) < 4.78 is 0. The predicted molar refractivity (Wildman–Crippen MR) is 130 cm³/mol. The van der Waals surface area contributed by atoms with Crippen molar-refractivity contribution in [1.82, 2.24) is 10.2 Å². The third kappa shape index (κ3) is 6.69. The normalized spacial score (nSPS) is 11.6. The molecule has 2 amide bonds. The second-order valence-corrected chi connectivity index (χ2v) is 8.35. The first-order valence-electron chi connectivity index (χ1n) is 10.9. The van der Waals surface area contributed by atoms with Gasteiger partial charge >= 0.3 is 0 Å². The van der Waals surface area contributed by atoms with Gasteiger partial charge in [0, 0.05) is 24.5 Å². The Hall–Kier alpha value is -3.11. The van der Waals surface area contributed by atoms with Crippen LogP contribution in [0.2, 0.25) is 5.02 Å². The summed E-state index contributed by atoms with van der Waals surface area (Å²) in [7, 11) is 0. The maximum atomic E-state index is 13.5. The lowest BCUT2D eigenvalue weighted by Crippen LogP contribution is -2.50. The molecule has 0 spiro atoms. The number of likely N-dealkylation sites (N-methyl/N-ethyl adjacent to an activating group) is 1. The molecule has 0 radical (unpaired) electrons. The Kier molecular flexibility index (Phi) is 8.46. The van der Waals surface area contributed by atoms with Gasteiger partial charge in [0.05, 0.1) is 6.42 Å². The summed E-state index contributed by atoms with van der Waals surface area (Å²) in [5.74, 6) is -0.253. The summed E-state index contributed by atoms with van der Waals surface area (Å²) in [4.78, 5) is 28.3. The average Bonchev–Trinajstić information content (AvgIpc) is 2.78. The number of nitrogens with one attached hydrogen (secondary N) is 1. The second kappa shape index (κ2) is 11.5. The first-order valence-corrected chi connectivity index (χ1v) is 11.2. The number of hydrogen-bond donors (Lipinski definition) is 1. The van der Waals surface area contributed by atoms with Crippen LogP contribution >= 0.6 is 11.6 Å². The maximum absolute atomic E-state index is 13.5. The van der Waals surface area contributed by atoms with Gasteiger partial charge in [-0.1, -0.05) is 83.9 Å². The highest BCUT2D eigenvalue weighted by atomic mass is 35.5. The van der Waals surface area contributed by atoms with Crippen molar-refractivity contribution in [3.63, 3.8) is 0 Å². The van der Waals surface area contributed by atoms with Gasteiger partial charge in [-0.25, -0.2) is 0 Å². The van der Waals surface area contributed by atoms with Crippen molar-refractivity contribution in [2.45, 2.75) is 39.3 Å². The number of nitrogens with zero attached hydrogens (tertiary/aromatic N) is 1. The van der Waals surface area contributed by atoms with E-state index in [0.29, 0.717) is 24.5 Å². The molecule has 4 nitrogen and oxygen atoms in total. The Balaban J connectivity index is 1.94. The van der Waals surface area contributed by atoms with Crippen molar-refractivity contribution in [2.75, 3.05) is 6.54 Å². The van der Waals surface area contributed by atoms with E-state index in [4.69, 9.17) is 11.6 Å². The fourth-order valence-corrected chi connectivity index (χ4v) is 3.87. The first-order chi connectivity index (χ1) is 15.5. The number of benzene rings is 3. The predicted octanol–water partition coefficient (Wildman–Crippen LogP) is 4.97. The summed E-state index contributed by atoms with van der Waals surface area (Å²) in [6.45, 7) is 4.70. The molecule has 5 heteroatoms. The molecule has 1 N–H and O–H groups in total. The van der Waals surface area contributed by atoms with E-state index < -0.39 is 6.04 Å². The molecule has 0 heterocycles. The number of halogens is 1. The molecule has 166 valence electrons. The minimum Gasteiger partial charge on any atom is -0.355 e. The van der Waals surface area contributed by atoms with Gasteiger partial charge in [-0.15, -0.1) is 0 Å². The van der Waals surface area contributed by atoms with E-state index in [0.717, 1.165) is 22.3 Å². The van der Waals surface area contributed by atoms with Crippen LogP contribution in [-0.4, -0.2) is 29.3 Å². The van der Waals surface area contributed by atoms with Crippen molar-refractivity contribution in [1.29, 1.82) is 0 Å². The van der Waals surface area contributed by atoms with Crippen molar-refractivity contribution >= 4 is 23.4 Å². The molecular weight excluding hydrogens is 420 g/mol. The zero-order valence-electron chi connectivity index (χ0n) is 18.6. The van der Waals surface area contributed by atoms with E-state index in [1.54, 1.807) is 11.0 Å². The summed E-state index contributed by atoms with van der Waals surface area (Å²) in [6, 6.07) is 24.5. The largest absolute Gasteiger partial charge is 0.355 e. The lowest BCUT2D eigenvalue weighted by atomic mass is 10.0. The minimum absolute atomic E-state index is 0.0963. The first kappa shape index (κ1) is 23.6. The SMILES string of the molecule is CCNC(=O)[C@@H](Cc1ccccc1)N(Cc1cccc(Cl)c1)C(=O)Cc1ccc(C)cc1. The van der Waals surface area contributed by atoms with E-state index in [1.165, 1.54) is 0 Å². The highest BCUT2D eigenvalue weighted by Crippen LogP contribution is 2.19. The van der Waals surface area contributed by atoms with Crippen molar-refractivity contribution in [2.24, 2.45) is 0 Å². The molecule has 0 unspecified atom stereocenters. The Morgan fingerprint density at radius 2 is 1.59 bits per heavy atom. The highest BCUT2D eigenvalue weighted by molar-refractivity contribution is 6.30. The Morgan fingerprint density at radius 3 is 2.25 bits per heavy atom. The molecule has 0 aliphatic rings. The van der Waals surface area contributed by atoms with Gasteiger partial charge in [0.15, 0.2) is 0 Å². The number of amides is 2. The molecular formula is C27H29ClN2O2. The molecule has 3 aromatic rings. The highest BCUT2D eigenvalue weighted by Gasteiger charge is 2.30. The molecule has 0 bridgehead atoms. The Morgan fingerprint density at radius 1 is 0.906 bits per heavy atom. The summed E-state index contributed by atoms with van der Waals surface area (Å²) in [5.41, 5.74) is 3.95. The molecule has 0 aromatic heterocycles. The fourth-order valence-electron chi connectivity index (χ4n) is 3.66. The molecule has 1 atom stereocenters. The van der Waals surface area contributed by atoms with Crippen LogP contribution in [0.1, 0.15) is 29.2 Å². The minimum atomic E-state index is -0.630. The molecule has 32 heavy (non-hydrogen) atoms. The van der Waals surface area contributed by atoms with Crippen molar-refractivity contribution < 1.29 is 9.59 Å². The monoisotopic (exact) mass is 448 g/mol. The topological polar surface area (TPSA) is 49.4 Å². The lowest BCUT2D eigenvalue weighted by molar-refractivity contribution is -0.140. The molecule has 0 saturated heterocycles. The second-order valence-electron chi connectivity index (χ2n) is 7.91. The molecule has 3 aromatic carbocycles. The van der Waals surface area contributed by atoms with E-state index in [9.17, 15) is 9.59 Å². The third-order valence-corrected chi connectivity index (χ3v) is 5.58. The van der Waals surface area contributed by atoms with Crippen LogP contribution in [0.5, 0.6) is 0 Å². The Bertz CT molecular complexity index is 1040. The van der Waals surface area contributed by atoms with Gasteiger partial charge in [-0.05, 0) is 42.7 Å². The third-order valence-electron chi connectivity index (χ3n) is 5.34. The smallest absolute Gasteiger partial charge is 0.243 e. The van der Waals surface area contributed by atoms with Gasteiger partial charge in [-0.3, -0.25) is 9.59 Å². The standard InChI is InChI=1S/C27H29ClN2O2/c1-3-29-27(32)25(17-21-8-5-4-6-9-21)30(19-23-10-7-11-24(28)16-23)26(31)18-22-14-12-20(2)13-15-22/h4-16,25H,3,17-19H2,1-2H3,(H,29,32)/t25-/m1/s1. The molecule has 0 saturated carbocycles. The van der Waals surface area contributed by atoms with E-state index in [-0.39, 0.29) is 18.2 Å². The van der Waals surface area contributed by atoms with Crippen molar-refractivity contribution in [3.8, 4) is 0 Å². The fraction of sp³-hybridized carbons (Fsp3) is 0.259. The van der Waals surface area contributed by atoms with Crippen molar-refractivity contribution in [3.05, 3.63) is 106 Å². The van der Waals surface area contributed by atoms with Gasteiger partial charge in [-0.2, -0.15) is 0 Å². The van der Waals surface area contributed by atoms with Crippen LogP contribution in [0.25, 0.3) is 0 Å². The zero-order valence-corrected chi connectivity index (χ0v) is 19.3.